The summed E-state index contributed by atoms with van der Waals surface area (Å²) in [7, 11) is 3.03. The first kappa shape index (κ1) is 15.8. The van der Waals surface area contributed by atoms with Crippen LogP contribution in [0.4, 0.5) is 8.78 Å². The second-order valence-electron chi connectivity index (χ2n) is 4.23. The Balaban J connectivity index is 2.77. The normalized spacial score (nSPS) is 11.3. The fraction of sp³-hybridized carbons (Fsp3) is 0.286. The molecule has 0 aliphatic rings. The standard InChI is InChI=1S/C14H15F2NO3/c1-17(2)8-11(12(18)13(15)16)14(19)20-9-10-6-4-3-5-7-10/h3-8,13H,9H2,1-2H3. The van der Waals surface area contributed by atoms with Crippen LogP contribution in [0, 0.1) is 0 Å². The van der Waals surface area contributed by atoms with Gasteiger partial charge in [-0.05, 0) is 5.56 Å². The van der Waals surface area contributed by atoms with Crippen LogP contribution >= 0.6 is 0 Å². The molecule has 0 heterocycles. The molecule has 6 heteroatoms. The molecule has 0 radical (unpaired) electrons. The molecule has 0 bridgehead atoms. The van der Waals surface area contributed by atoms with E-state index in [4.69, 9.17) is 4.74 Å². The minimum atomic E-state index is -3.24. The Kier molecular flexibility index (Phi) is 5.83. The molecule has 20 heavy (non-hydrogen) atoms. The van der Waals surface area contributed by atoms with Gasteiger partial charge in [0.15, 0.2) is 0 Å². The van der Waals surface area contributed by atoms with Gasteiger partial charge < -0.3 is 9.64 Å². The number of ether oxygens (including phenoxy) is 1. The van der Waals surface area contributed by atoms with E-state index < -0.39 is 23.8 Å². The SMILES string of the molecule is CN(C)C=C(C(=O)OCc1ccccc1)C(=O)C(F)F. The maximum atomic E-state index is 12.4. The Morgan fingerprint density at radius 3 is 2.35 bits per heavy atom. The molecule has 0 N–H and O–H groups in total. The Morgan fingerprint density at radius 2 is 1.85 bits per heavy atom. The molecule has 0 unspecified atom stereocenters. The summed E-state index contributed by atoms with van der Waals surface area (Å²) in [6.07, 6.45) is -2.22. The van der Waals surface area contributed by atoms with Gasteiger partial charge in [0.1, 0.15) is 12.2 Å². The third kappa shape index (κ3) is 4.79. The second kappa shape index (κ2) is 7.37. The van der Waals surface area contributed by atoms with Crippen molar-refractivity contribution in [2.45, 2.75) is 13.0 Å². The molecule has 0 fully saturated rings. The zero-order chi connectivity index (χ0) is 15.1. The van der Waals surface area contributed by atoms with Crippen LogP contribution < -0.4 is 0 Å². The molecule has 1 aromatic carbocycles. The summed E-state index contributed by atoms with van der Waals surface area (Å²) in [5.74, 6) is -2.61. The number of rotatable bonds is 6. The number of alkyl halides is 2. The highest BCUT2D eigenvalue weighted by atomic mass is 19.3. The Bertz CT molecular complexity index is 498. The predicted octanol–water partition coefficient (Wildman–Crippen LogP) is 2.01. The van der Waals surface area contributed by atoms with Gasteiger partial charge in [-0.15, -0.1) is 0 Å². The number of halogens is 2. The lowest BCUT2D eigenvalue weighted by molar-refractivity contribution is -0.143. The summed E-state index contributed by atoms with van der Waals surface area (Å²) in [5.41, 5.74) is 0.0375. The first-order chi connectivity index (χ1) is 9.41. The van der Waals surface area contributed by atoms with Crippen LogP contribution in [0.3, 0.4) is 0 Å². The lowest BCUT2D eigenvalue weighted by atomic mass is 10.2. The molecule has 0 aromatic heterocycles. The van der Waals surface area contributed by atoms with Crippen LogP contribution in [0.1, 0.15) is 5.56 Å². The zero-order valence-corrected chi connectivity index (χ0v) is 11.2. The van der Waals surface area contributed by atoms with Crippen molar-refractivity contribution in [2.24, 2.45) is 0 Å². The summed E-state index contributed by atoms with van der Waals surface area (Å²) >= 11 is 0. The number of carbonyl (C=O) groups is 2. The van der Waals surface area contributed by atoms with Crippen molar-refractivity contribution in [3.63, 3.8) is 0 Å². The molecule has 0 spiro atoms. The van der Waals surface area contributed by atoms with E-state index in [0.717, 1.165) is 6.20 Å². The van der Waals surface area contributed by atoms with Crippen molar-refractivity contribution in [2.75, 3.05) is 14.1 Å². The number of hydrogen-bond acceptors (Lipinski definition) is 4. The van der Waals surface area contributed by atoms with E-state index in [0.29, 0.717) is 5.56 Å². The predicted molar refractivity (Wildman–Crippen MR) is 69.0 cm³/mol. The second-order valence-corrected chi connectivity index (χ2v) is 4.23. The van der Waals surface area contributed by atoms with Crippen molar-refractivity contribution in [1.29, 1.82) is 0 Å². The van der Waals surface area contributed by atoms with Crippen molar-refractivity contribution < 1.29 is 23.1 Å². The molecule has 0 aliphatic carbocycles. The van der Waals surface area contributed by atoms with Gasteiger partial charge in [0.05, 0.1) is 0 Å². The molecule has 1 aromatic rings. The first-order valence-electron chi connectivity index (χ1n) is 5.83. The van der Waals surface area contributed by atoms with E-state index in [9.17, 15) is 18.4 Å². The number of hydrogen-bond donors (Lipinski definition) is 0. The van der Waals surface area contributed by atoms with E-state index in [-0.39, 0.29) is 6.61 Å². The minimum absolute atomic E-state index is 0.0824. The van der Waals surface area contributed by atoms with Gasteiger partial charge >= 0.3 is 12.4 Å². The summed E-state index contributed by atoms with van der Waals surface area (Å²) in [5, 5.41) is 0. The van der Waals surface area contributed by atoms with Crippen LogP contribution in [-0.2, 0) is 20.9 Å². The van der Waals surface area contributed by atoms with Crippen molar-refractivity contribution in [1.82, 2.24) is 4.90 Å². The van der Waals surface area contributed by atoms with Gasteiger partial charge in [-0.2, -0.15) is 0 Å². The summed E-state index contributed by atoms with van der Waals surface area (Å²) in [6, 6.07) is 8.74. The maximum absolute atomic E-state index is 12.4. The lowest BCUT2D eigenvalue weighted by Crippen LogP contribution is -2.23. The molecule has 1 rings (SSSR count). The number of Topliss-reactive ketones (excluding diaryl/α,β-unsaturated/α-hetero) is 1. The van der Waals surface area contributed by atoms with E-state index in [2.05, 4.69) is 0 Å². The lowest BCUT2D eigenvalue weighted by Gasteiger charge is -2.11. The number of esters is 1. The third-order valence-corrected chi connectivity index (χ3v) is 2.28. The van der Waals surface area contributed by atoms with Gasteiger partial charge in [-0.3, -0.25) is 4.79 Å². The monoisotopic (exact) mass is 283 g/mol. The van der Waals surface area contributed by atoms with Gasteiger partial charge in [0, 0.05) is 20.3 Å². The fourth-order valence-electron chi connectivity index (χ4n) is 1.39. The molecule has 0 saturated carbocycles. The highest BCUT2D eigenvalue weighted by Gasteiger charge is 2.27. The molecule has 0 amide bonds. The number of carbonyl (C=O) groups excluding carboxylic acids is 2. The quantitative estimate of drug-likeness (QED) is 0.347. The number of nitrogens with zero attached hydrogens (tertiary/aromatic N) is 1. The Hall–Kier alpha value is -2.24. The molecule has 0 atom stereocenters. The smallest absolute Gasteiger partial charge is 0.343 e. The van der Waals surface area contributed by atoms with E-state index >= 15 is 0 Å². The zero-order valence-electron chi connectivity index (χ0n) is 11.2. The van der Waals surface area contributed by atoms with Crippen LogP contribution in [-0.4, -0.2) is 37.2 Å². The average Bonchev–Trinajstić information content (AvgIpc) is 2.42. The molecule has 108 valence electrons. The van der Waals surface area contributed by atoms with Crippen LogP contribution in [0.15, 0.2) is 42.1 Å². The molecule has 0 aliphatic heterocycles. The third-order valence-electron chi connectivity index (χ3n) is 2.28. The van der Waals surface area contributed by atoms with E-state index in [1.807, 2.05) is 0 Å². The summed E-state index contributed by atoms with van der Waals surface area (Å²) in [4.78, 5) is 24.3. The van der Waals surface area contributed by atoms with Gasteiger partial charge in [-0.1, -0.05) is 30.3 Å². The largest absolute Gasteiger partial charge is 0.457 e. The summed E-state index contributed by atoms with van der Waals surface area (Å²) < 4.78 is 29.7. The van der Waals surface area contributed by atoms with E-state index in [1.165, 1.54) is 19.0 Å². The molecular weight excluding hydrogens is 268 g/mol. The molecule has 4 nitrogen and oxygen atoms in total. The molecule has 0 saturated heterocycles. The van der Waals surface area contributed by atoms with Crippen molar-refractivity contribution >= 4 is 11.8 Å². The van der Waals surface area contributed by atoms with Crippen LogP contribution in [0.25, 0.3) is 0 Å². The number of benzene rings is 1. The average molecular weight is 283 g/mol. The van der Waals surface area contributed by atoms with Gasteiger partial charge in [0.25, 0.3) is 0 Å². The van der Waals surface area contributed by atoms with Gasteiger partial charge in [-0.25, -0.2) is 13.6 Å². The highest BCUT2D eigenvalue weighted by Crippen LogP contribution is 2.10. The number of ketones is 1. The molecular formula is C14H15F2NO3. The van der Waals surface area contributed by atoms with Crippen LogP contribution in [0.5, 0.6) is 0 Å². The maximum Gasteiger partial charge on any atom is 0.343 e. The fourth-order valence-corrected chi connectivity index (χ4v) is 1.39. The Morgan fingerprint density at radius 1 is 1.25 bits per heavy atom. The first-order valence-corrected chi connectivity index (χ1v) is 5.83. The topological polar surface area (TPSA) is 46.6 Å². The van der Waals surface area contributed by atoms with E-state index in [1.54, 1.807) is 30.3 Å². The van der Waals surface area contributed by atoms with Gasteiger partial charge in [0.2, 0.25) is 5.78 Å². The van der Waals surface area contributed by atoms with Crippen LogP contribution in [0.2, 0.25) is 0 Å². The summed E-state index contributed by atoms with van der Waals surface area (Å²) in [6.45, 7) is -0.0824. The van der Waals surface area contributed by atoms with Crippen molar-refractivity contribution in [3.8, 4) is 0 Å². The van der Waals surface area contributed by atoms with Crippen molar-refractivity contribution in [3.05, 3.63) is 47.7 Å². The Labute approximate surface area is 115 Å². The highest BCUT2D eigenvalue weighted by molar-refractivity contribution is 6.18. The minimum Gasteiger partial charge on any atom is -0.457 e.